The van der Waals surface area contributed by atoms with Crippen LogP contribution in [-0.2, 0) is 14.3 Å². The lowest BCUT2D eigenvalue weighted by molar-refractivity contribution is -0.185. The standard InChI is InChI=1S/C16H21N7O6/c24-3-8-9(22-15(28)7-1-6(25)2-17-7)11(26)12(27)16(29-8)23-14-10-13(19-4-18-10)20-5-21-14/h4-5,7-9,11-12,16-17,24,26-27H,1-3H2,(H,22,28)(H2,18,19,20,21,23)/t7-,8-,9-,11+,12-,16-/m0/s1. The number of rotatable bonds is 5. The SMILES string of the molecule is O=C1CN[C@H](C(=O)N[C@@H]2[C@@H](O)[C@H](O)[C@@H](Nc3ncnc4nc[nH]c34)O[C@H]2CO)C1. The number of amides is 1. The zero-order chi connectivity index (χ0) is 20.5. The number of ether oxygens (including phenoxy) is 1. The van der Waals surface area contributed by atoms with E-state index in [4.69, 9.17) is 4.74 Å². The van der Waals surface area contributed by atoms with E-state index >= 15 is 0 Å². The smallest absolute Gasteiger partial charge is 0.238 e. The predicted molar refractivity (Wildman–Crippen MR) is 96.4 cm³/mol. The molecule has 0 aromatic carbocycles. The van der Waals surface area contributed by atoms with E-state index in [9.17, 15) is 24.9 Å². The molecule has 4 rings (SSSR count). The third-order valence-electron chi connectivity index (χ3n) is 5.03. The van der Waals surface area contributed by atoms with Crippen molar-refractivity contribution < 1.29 is 29.6 Å². The van der Waals surface area contributed by atoms with Gasteiger partial charge in [0.2, 0.25) is 5.91 Å². The van der Waals surface area contributed by atoms with Crippen LogP contribution in [0, 0.1) is 0 Å². The van der Waals surface area contributed by atoms with Crippen molar-refractivity contribution in [1.29, 1.82) is 0 Å². The number of carbonyl (C=O) groups excluding carboxylic acids is 2. The number of imidazole rings is 1. The molecule has 0 aliphatic carbocycles. The molecule has 0 saturated carbocycles. The fourth-order valence-corrected chi connectivity index (χ4v) is 3.49. The maximum atomic E-state index is 12.4. The molecule has 156 valence electrons. The largest absolute Gasteiger partial charge is 0.394 e. The first-order valence-electron chi connectivity index (χ1n) is 9.06. The van der Waals surface area contributed by atoms with Gasteiger partial charge in [-0.3, -0.25) is 14.9 Å². The summed E-state index contributed by atoms with van der Waals surface area (Å²) in [6, 6.07) is -1.80. The molecule has 2 saturated heterocycles. The third-order valence-corrected chi connectivity index (χ3v) is 5.03. The topological polar surface area (TPSA) is 195 Å². The van der Waals surface area contributed by atoms with Gasteiger partial charge < -0.3 is 35.7 Å². The summed E-state index contributed by atoms with van der Waals surface area (Å²) in [5.74, 6) is -0.323. The predicted octanol–water partition coefficient (Wildman–Crippen LogP) is -3.38. The average Bonchev–Trinajstić information content (AvgIpc) is 3.37. The van der Waals surface area contributed by atoms with Crippen LogP contribution in [-0.4, -0.2) is 96.7 Å². The second kappa shape index (κ2) is 7.96. The van der Waals surface area contributed by atoms with Crippen LogP contribution in [0.1, 0.15) is 6.42 Å². The van der Waals surface area contributed by atoms with Crippen LogP contribution in [0.4, 0.5) is 5.82 Å². The lowest BCUT2D eigenvalue weighted by atomic mass is 9.95. The molecule has 13 heteroatoms. The Kier molecular flexibility index (Phi) is 5.38. The van der Waals surface area contributed by atoms with Crippen molar-refractivity contribution in [2.24, 2.45) is 0 Å². The van der Waals surface area contributed by atoms with Crippen molar-refractivity contribution in [3.8, 4) is 0 Å². The van der Waals surface area contributed by atoms with Crippen LogP contribution in [0.3, 0.4) is 0 Å². The molecule has 7 N–H and O–H groups in total. The van der Waals surface area contributed by atoms with Gasteiger partial charge in [-0.15, -0.1) is 0 Å². The van der Waals surface area contributed by atoms with E-state index in [1.54, 1.807) is 0 Å². The molecule has 0 bridgehead atoms. The molecule has 0 spiro atoms. The summed E-state index contributed by atoms with van der Waals surface area (Å²) < 4.78 is 5.68. The molecule has 2 aromatic heterocycles. The summed E-state index contributed by atoms with van der Waals surface area (Å²) in [6.45, 7) is -0.423. The van der Waals surface area contributed by atoms with E-state index in [1.165, 1.54) is 12.7 Å². The van der Waals surface area contributed by atoms with Crippen molar-refractivity contribution >= 4 is 28.7 Å². The molecule has 2 fully saturated rings. The highest BCUT2D eigenvalue weighted by atomic mass is 16.5. The number of nitrogens with one attached hydrogen (secondary N) is 4. The van der Waals surface area contributed by atoms with E-state index < -0.39 is 49.1 Å². The quantitative estimate of drug-likeness (QED) is 0.261. The molecule has 29 heavy (non-hydrogen) atoms. The molecular weight excluding hydrogens is 386 g/mol. The number of nitrogens with zero attached hydrogens (tertiary/aromatic N) is 3. The van der Waals surface area contributed by atoms with E-state index in [-0.39, 0.29) is 24.6 Å². The molecule has 0 unspecified atom stereocenters. The van der Waals surface area contributed by atoms with Crippen LogP contribution in [0.5, 0.6) is 0 Å². The van der Waals surface area contributed by atoms with E-state index in [2.05, 4.69) is 35.9 Å². The lowest BCUT2D eigenvalue weighted by Crippen LogP contribution is -2.66. The number of ketones is 1. The molecule has 0 radical (unpaired) electrons. The van der Waals surface area contributed by atoms with Crippen LogP contribution in [0.15, 0.2) is 12.7 Å². The fraction of sp³-hybridized carbons (Fsp3) is 0.562. The summed E-state index contributed by atoms with van der Waals surface area (Å²) in [6.07, 6.45) is -2.28. The molecule has 13 nitrogen and oxygen atoms in total. The first-order chi connectivity index (χ1) is 14.0. The Hall–Kier alpha value is -2.71. The Morgan fingerprint density at radius 1 is 1.28 bits per heavy atom. The van der Waals surface area contributed by atoms with Gasteiger partial charge >= 0.3 is 0 Å². The van der Waals surface area contributed by atoms with Crippen molar-refractivity contribution in [3.05, 3.63) is 12.7 Å². The number of H-pyrrole nitrogens is 1. The van der Waals surface area contributed by atoms with Crippen molar-refractivity contribution in [2.75, 3.05) is 18.5 Å². The number of carbonyl (C=O) groups is 2. The van der Waals surface area contributed by atoms with Gasteiger partial charge in [-0.05, 0) is 0 Å². The number of aliphatic hydroxyl groups is 3. The van der Waals surface area contributed by atoms with Gasteiger partial charge in [0.25, 0.3) is 0 Å². The summed E-state index contributed by atoms with van der Waals surface area (Å²) in [4.78, 5) is 38.6. The second-order valence-electron chi connectivity index (χ2n) is 6.94. The molecule has 2 aliphatic rings. The maximum Gasteiger partial charge on any atom is 0.238 e. The Morgan fingerprint density at radius 3 is 2.83 bits per heavy atom. The number of anilines is 1. The van der Waals surface area contributed by atoms with E-state index in [1.807, 2.05) is 0 Å². The number of aliphatic hydroxyl groups excluding tert-OH is 3. The van der Waals surface area contributed by atoms with E-state index in [0.717, 1.165) is 0 Å². The normalized spacial score (nSPS) is 32.4. The molecule has 2 aliphatic heterocycles. The van der Waals surface area contributed by atoms with Gasteiger partial charge in [-0.1, -0.05) is 0 Å². The Labute approximate surface area is 163 Å². The Bertz CT molecular complexity index is 905. The highest BCUT2D eigenvalue weighted by Gasteiger charge is 2.46. The lowest BCUT2D eigenvalue weighted by Gasteiger charge is -2.43. The summed E-state index contributed by atoms with van der Waals surface area (Å²) in [5.41, 5.74) is 0.876. The van der Waals surface area contributed by atoms with Gasteiger partial charge in [0.15, 0.2) is 17.7 Å². The van der Waals surface area contributed by atoms with Crippen molar-refractivity contribution in [3.63, 3.8) is 0 Å². The monoisotopic (exact) mass is 407 g/mol. The number of hydrogen-bond acceptors (Lipinski definition) is 11. The second-order valence-corrected chi connectivity index (χ2v) is 6.94. The molecular formula is C16H21N7O6. The number of Topliss-reactive ketones (excluding diaryl/α,β-unsaturated/α-hetero) is 1. The number of fused-ring (bicyclic) bond motifs is 1. The number of aromatic amines is 1. The van der Waals surface area contributed by atoms with Crippen molar-refractivity contribution in [1.82, 2.24) is 30.6 Å². The van der Waals surface area contributed by atoms with E-state index in [0.29, 0.717) is 11.2 Å². The Balaban J connectivity index is 1.47. The third kappa shape index (κ3) is 3.77. The first-order valence-corrected chi connectivity index (χ1v) is 9.06. The summed E-state index contributed by atoms with van der Waals surface area (Å²) in [7, 11) is 0. The number of hydrogen-bond donors (Lipinski definition) is 7. The van der Waals surface area contributed by atoms with Crippen molar-refractivity contribution in [2.45, 2.75) is 43.0 Å². The first kappa shape index (κ1) is 19.6. The Morgan fingerprint density at radius 2 is 2.10 bits per heavy atom. The van der Waals surface area contributed by atoms with Crippen LogP contribution in [0.25, 0.3) is 11.2 Å². The van der Waals surface area contributed by atoms with Crippen LogP contribution < -0.4 is 16.0 Å². The van der Waals surface area contributed by atoms with Gasteiger partial charge in [0.05, 0.1) is 31.6 Å². The van der Waals surface area contributed by atoms with Crippen LogP contribution in [0.2, 0.25) is 0 Å². The molecule has 4 heterocycles. The van der Waals surface area contributed by atoms with Crippen LogP contribution >= 0.6 is 0 Å². The highest BCUT2D eigenvalue weighted by Crippen LogP contribution is 2.24. The average molecular weight is 407 g/mol. The minimum Gasteiger partial charge on any atom is -0.394 e. The molecule has 6 atom stereocenters. The fourth-order valence-electron chi connectivity index (χ4n) is 3.49. The zero-order valence-corrected chi connectivity index (χ0v) is 15.1. The van der Waals surface area contributed by atoms with Gasteiger partial charge in [0, 0.05) is 6.42 Å². The minimum absolute atomic E-state index is 0.0416. The minimum atomic E-state index is -1.45. The molecule has 2 aromatic rings. The zero-order valence-electron chi connectivity index (χ0n) is 15.1. The number of aromatic nitrogens is 4. The summed E-state index contributed by atoms with van der Waals surface area (Å²) in [5, 5.41) is 39.0. The summed E-state index contributed by atoms with van der Waals surface area (Å²) >= 11 is 0. The maximum absolute atomic E-state index is 12.4. The molecule has 1 amide bonds. The highest BCUT2D eigenvalue weighted by molar-refractivity contribution is 5.93. The van der Waals surface area contributed by atoms with Gasteiger partial charge in [0.1, 0.15) is 35.9 Å². The van der Waals surface area contributed by atoms with Gasteiger partial charge in [-0.25, -0.2) is 15.0 Å². The van der Waals surface area contributed by atoms with Gasteiger partial charge in [-0.2, -0.15) is 0 Å².